The fourth-order valence-corrected chi connectivity index (χ4v) is 4.94. The molecule has 6 heteroatoms. The number of ketones is 1. The molecule has 1 fully saturated rings. The standard InChI is InChI=1S/C21H26N2O3S/c1-18-7-5-6-10-20(18)17-27(25,26)23-15-13-22(14-16-23)12-11-21(24)19-8-3-2-4-9-19/h2-10H,11-17H2,1H3. The first-order chi connectivity index (χ1) is 13.0. The van der Waals surface area contributed by atoms with Gasteiger partial charge in [0.2, 0.25) is 10.0 Å². The molecule has 27 heavy (non-hydrogen) atoms. The van der Waals surface area contributed by atoms with Crippen molar-refractivity contribution in [2.45, 2.75) is 19.1 Å². The van der Waals surface area contributed by atoms with Gasteiger partial charge in [-0.1, -0.05) is 54.6 Å². The Morgan fingerprint density at radius 3 is 2.22 bits per heavy atom. The van der Waals surface area contributed by atoms with Gasteiger partial charge in [-0.15, -0.1) is 0 Å². The summed E-state index contributed by atoms with van der Waals surface area (Å²) in [5.74, 6) is 0.178. The lowest BCUT2D eigenvalue weighted by molar-refractivity contribution is 0.0952. The number of piperazine rings is 1. The Balaban J connectivity index is 1.49. The maximum Gasteiger partial charge on any atom is 0.218 e. The molecule has 144 valence electrons. The minimum Gasteiger partial charge on any atom is -0.300 e. The summed E-state index contributed by atoms with van der Waals surface area (Å²) in [4.78, 5) is 14.4. The fourth-order valence-electron chi connectivity index (χ4n) is 3.32. The number of rotatable bonds is 7. The second kappa shape index (κ2) is 8.78. The molecule has 0 spiro atoms. The van der Waals surface area contributed by atoms with Gasteiger partial charge >= 0.3 is 0 Å². The molecule has 0 radical (unpaired) electrons. The lowest BCUT2D eigenvalue weighted by atomic mass is 10.1. The molecule has 1 saturated heterocycles. The molecular weight excluding hydrogens is 360 g/mol. The smallest absolute Gasteiger partial charge is 0.218 e. The van der Waals surface area contributed by atoms with Crippen molar-refractivity contribution < 1.29 is 13.2 Å². The van der Waals surface area contributed by atoms with Crippen molar-refractivity contribution in [2.24, 2.45) is 0 Å². The summed E-state index contributed by atoms with van der Waals surface area (Å²) < 4.78 is 27.0. The summed E-state index contributed by atoms with van der Waals surface area (Å²) in [6.07, 6.45) is 0.458. The van der Waals surface area contributed by atoms with Crippen LogP contribution in [-0.2, 0) is 15.8 Å². The van der Waals surface area contributed by atoms with Crippen LogP contribution in [0.5, 0.6) is 0 Å². The molecule has 2 aromatic rings. The Kier molecular flexibility index (Phi) is 6.42. The zero-order valence-electron chi connectivity index (χ0n) is 15.7. The lowest BCUT2D eigenvalue weighted by Gasteiger charge is -2.34. The van der Waals surface area contributed by atoms with Crippen LogP contribution in [0, 0.1) is 6.92 Å². The van der Waals surface area contributed by atoms with Crippen LogP contribution in [0.1, 0.15) is 27.9 Å². The van der Waals surface area contributed by atoms with E-state index < -0.39 is 10.0 Å². The molecule has 1 aliphatic heterocycles. The summed E-state index contributed by atoms with van der Waals surface area (Å²) >= 11 is 0. The van der Waals surface area contributed by atoms with Crippen molar-refractivity contribution >= 4 is 15.8 Å². The van der Waals surface area contributed by atoms with Crippen molar-refractivity contribution in [1.29, 1.82) is 0 Å². The molecule has 0 atom stereocenters. The first kappa shape index (κ1) is 19.7. The fraction of sp³-hybridized carbons (Fsp3) is 0.381. The molecule has 1 heterocycles. The Morgan fingerprint density at radius 2 is 1.56 bits per heavy atom. The Morgan fingerprint density at radius 1 is 0.926 bits per heavy atom. The first-order valence-electron chi connectivity index (χ1n) is 9.28. The third-order valence-electron chi connectivity index (χ3n) is 5.07. The van der Waals surface area contributed by atoms with E-state index in [4.69, 9.17) is 0 Å². The average Bonchev–Trinajstić information content (AvgIpc) is 2.69. The third kappa shape index (κ3) is 5.25. The topological polar surface area (TPSA) is 57.7 Å². The molecule has 1 aliphatic rings. The highest BCUT2D eigenvalue weighted by atomic mass is 32.2. The van der Waals surface area contributed by atoms with E-state index in [0.29, 0.717) is 39.1 Å². The summed E-state index contributed by atoms with van der Waals surface area (Å²) in [5.41, 5.74) is 2.59. The van der Waals surface area contributed by atoms with Crippen molar-refractivity contribution in [3.63, 3.8) is 0 Å². The minimum absolute atomic E-state index is 0.0478. The van der Waals surface area contributed by atoms with Crippen molar-refractivity contribution in [2.75, 3.05) is 32.7 Å². The second-order valence-electron chi connectivity index (χ2n) is 6.96. The number of hydrogen-bond acceptors (Lipinski definition) is 4. The minimum atomic E-state index is -3.32. The first-order valence-corrected chi connectivity index (χ1v) is 10.9. The molecule has 2 aromatic carbocycles. The van der Waals surface area contributed by atoms with Gasteiger partial charge in [-0.3, -0.25) is 4.79 Å². The number of nitrogens with zero attached hydrogens (tertiary/aromatic N) is 2. The summed E-state index contributed by atoms with van der Waals surface area (Å²) in [7, 11) is -3.32. The molecule has 0 aliphatic carbocycles. The largest absolute Gasteiger partial charge is 0.300 e. The average molecular weight is 387 g/mol. The molecule has 0 aromatic heterocycles. The van der Waals surface area contributed by atoms with E-state index in [0.717, 1.165) is 16.7 Å². The number of sulfonamides is 1. The van der Waals surface area contributed by atoms with E-state index >= 15 is 0 Å². The van der Waals surface area contributed by atoms with Crippen LogP contribution in [0.25, 0.3) is 0 Å². The SMILES string of the molecule is Cc1ccccc1CS(=O)(=O)N1CCN(CCC(=O)c2ccccc2)CC1. The number of aryl methyl sites for hydroxylation is 1. The van der Waals surface area contributed by atoms with E-state index in [1.165, 1.54) is 0 Å². The Labute approximate surface area is 161 Å². The van der Waals surface area contributed by atoms with Gasteiger partial charge in [0, 0.05) is 44.7 Å². The molecule has 0 bridgehead atoms. The Hall–Kier alpha value is -2.02. The number of benzene rings is 2. The summed E-state index contributed by atoms with van der Waals surface area (Å²) in [6, 6.07) is 16.9. The molecule has 3 rings (SSSR count). The van der Waals surface area contributed by atoms with Crippen LogP contribution in [0.15, 0.2) is 54.6 Å². The molecule has 0 saturated carbocycles. The summed E-state index contributed by atoms with van der Waals surface area (Å²) in [6.45, 7) is 4.89. The van der Waals surface area contributed by atoms with Crippen LogP contribution in [0.2, 0.25) is 0 Å². The van der Waals surface area contributed by atoms with E-state index in [9.17, 15) is 13.2 Å². The molecular formula is C21H26N2O3S. The monoisotopic (exact) mass is 386 g/mol. The number of hydrogen-bond donors (Lipinski definition) is 0. The van der Waals surface area contributed by atoms with Crippen LogP contribution >= 0.6 is 0 Å². The van der Waals surface area contributed by atoms with E-state index in [1.54, 1.807) is 4.31 Å². The van der Waals surface area contributed by atoms with Gasteiger partial charge in [0.25, 0.3) is 0 Å². The van der Waals surface area contributed by atoms with E-state index in [2.05, 4.69) is 4.90 Å². The molecule has 0 N–H and O–H groups in total. The maximum absolute atomic E-state index is 12.7. The van der Waals surface area contributed by atoms with Crippen molar-refractivity contribution in [1.82, 2.24) is 9.21 Å². The van der Waals surface area contributed by atoms with Crippen LogP contribution in [-0.4, -0.2) is 56.1 Å². The summed E-state index contributed by atoms with van der Waals surface area (Å²) in [5, 5.41) is 0. The van der Waals surface area contributed by atoms with E-state index in [-0.39, 0.29) is 11.5 Å². The van der Waals surface area contributed by atoms with E-state index in [1.807, 2.05) is 61.5 Å². The number of Topliss-reactive ketones (excluding diaryl/α,β-unsaturated/α-hetero) is 1. The van der Waals surface area contributed by atoms with Gasteiger partial charge in [0.05, 0.1) is 5.75 Å². The van der Waals surface area contributed by atoms with Crippen LogP contribution in [0.4, 0.5) is 0 Å². The van der Waals surface area contributed by atoms with Gasteiger partial charge in [-0.25, -0.2) is 8.42 Å². The number of carbonyl (C=O) groups excluding carboxylic acids is 1. The Bertz CT molecular complexity index is 873. The predicted molar refractivity (Wildman–Crippen MR) is 107 cm³/mol. The zero-order valence-corrected chi connectivity index (χ0v) is 16.5. The highest BCUT2D eigenvalue weighted by Gasteiger charge is 2.27. The van der Waals surface area contributed by atoms with Crippen molar-refractivity contribution in [3.05, 3.63) is 71.3 Å². The second-order valence-corrected chi connectivity index (χ2v) is 8.93. The lowest BCUT2D eigenvalue weighted by Crippen LogP contribution is -2.49. The molecule has 0 unspecified atom stereocenters. The van der Waals surface area contributed by atoms with Gasteiger partial charge in [0.15, 0.2) is 5.78 Å². The highest BCUT2D eigenvalue weighted by molar-refractivity contribution is 7.88. The normalized spacial score (nSPS) is 16.3. The zero-order chi connectivity index (χ0) is 19.3. The predicted octanol–water partition coefficient (Wildman–Crippen LogP) is 2.72. The molecule has 5 nitrogen and oxygen atoms in total. The highest BCUT2D eigenvalue weighted by Crippen LogP contribution is 2.16. The van der Waals surface area contributed by atoms with Gasteiger partial charge in [-0.05, 0) is 18.1 Å². The number of carbonyl (C=O) groups is 1. The van der Waals surface area contributed by atoms with Crippen LogP contribution in [0.3, 0.4) is 0 Å². The quantitative estimate of drug-likeness (QED) is 0.687. The molecule has 0 amide bonds. The van der Waals surface area contributed by atoms with Gasteiger partial charge in [0.1, 0.15) is 0 Å². The van der Waals surface area contributed by atoms with Crippen molar-refractivity contribution in [3.8, 4) is 0 Å². The van der Waals surface area contributed by atoms with Crippen LogP contribution < -0.4 is 0 Å². The maximum atomic E-state index is 12.7. The van der Waals surface area contributed by atoms with Gasteiger partial charge < -0.3 is 4.90 Å². The van der Waals surface area contributed by atoms with Gasteiger partial charge in [-0.2, -0.15) is 4.31 Å². The third-order valence-corrected chi connectivity index (χ3v) is 6.90.